The third kappa shape index (κ3) is 3.84. The second kappa shape index (κ2) is 10.5. The lowest BCUT2D eigenvalue weighted by Crippen LogP contribution is -2.06. The zero-order chi connectivity index (χ0) is 35.8. The summed E-state index contributed by atoms with van der Waals surface area (Å²) < 4.78 is 6.87. The van der Waals surface area contributed by atoms with Gasteiger partial charge in [0.25, 0.3) is 0 Å². The van der Waals surface area contributed by atoms with Crippen molar-refractivity contribution in [2.45, 2.75) is 0 Å². The fourth-order valence-electron chi connectivity index (χ4n) is 9.15. The number of hydrogen-bond donors (Lipinski definition) is 0. The molecule has 5 aromatic heterocycles. The summed E-state index contributed by atoms with van der Waals surface area (Å²) in [5.74, 6) is 0.820. The minimum atomic E-state index is 0.820. The molecule has 0 spiro atoms. The molecule has 0 N–H and O–H groups in total. The predicted molar refractivity (Wildman–Crippen MR) is 227 cm³/mol. The Morgan fingerprint density at radius 2 is 0.909 bits per heavy atom. The average molecular weight is 701 g/mol. The summed E-state index contributed by atoms with van der Waals surface area (Å²) in [6, 6.07) is 60.7. The summed E-state index contributed by atoms with van der Waals surface area (Å²) in [7, 11) is 0. The molecule has 0 aliphatic carbocycles. The van der Waals surface area contributed by atoms with Gasteiger partial charge < -0.3 is 0 Å². The largest absolute Gasteiger partial charge is 0.292 e. The molecule has 0 radical (unpaired) electrons. The maximum atomic E-state index is 5.36. The SMILES string of the molecule is c1ccc2c(c1)ccc1c2c2ccc(-c3ccc4c(c3)c3ccccc3n4-c3nc4ccccc4c4nc5ccccc5n34)cc2n2c3ccccc3nc12. The Hall–Kier alpha value is -7.57. The summed E-state index contributed by atoms with van der Waals surface area (Å²) in [6.07, 6.45) is 0. The van der Waals surface area contributed by atoms with Gasteiger partial charge in [0.2, 0.25) is 5.95 Å². The highest BCUT2D eigenvalue weighted by Crippen LogP contribution is 2.40. The first kappa shape index (κ1) is 28.9. The lowest BCUT2D eigenvalue weighted by atomic mass is 9.96. The van der Waals surface area contributed by atoms with Crippen molar-refractivity contribution in [3.05, 3.63) is 170 Å². The number of imidazole rings is 2. The molecular formula is C49H28N6. The van der Waals surface area contributed by atoms with Gasteiger partial charge in [0.05, 0.1) is 44.1 Å². The third-order valence-electron chi connectivity index (χ3n) is 11.6. The van der Waals surface area contributed by atoms with Crippen LogP contribution < -0.4 is 0 Å². The van der Waals surface area contributed by atoms with E-state index in [0.29, 0.717) is 0 Å². The van der Waals surface area contributed by atoms with Crippen molar-refractivity contribution in [1.29, 1.82) is 0 Å². The standard InChI is InChI=1S/C49H28N6/c1-2-12-32-29(11-1)21-25-36-46(32)35-24-22-31(28-45(35)53-43-19-9-6-16-39(43)51-48(36)53)30-23-26-42-37(27-30)33-13-4-8-18-41(33)54(42)49-52-38-15-5-3-14-34(38)47-50-40-17-7-10-20-44(40)55(47)49/h1-28H. The van der Waals surface area contributed by atoms with Crippen molar-refractivity contribution < 1.29 is 0 Å². The van der Waals surface area contributed by atoms with Gasteiger partial charge >= 0.3 is 0 Å². The first-order valence-electron chi connectivity index (χ1n) is 18.6. The molecule has 55 heavy (non-hydrogen) atoms. The van der Waals surface area contributed by atoms with E-state index in [-0.39, 0.29) is 0 Å². The number of aromatic nitrogens is 6. The van der Waals surface area contributed by atoms with Crippen LogP contribution in [0.2, 0.25) is 0 Å². The molecule has 0 bridgehead atoms. The van der Waals surface area contributed by atoms with E-state index in [4.69, 9.17) is 15.0 Å². The van der Waals surface area contributed by atoms with Crippen molar-refractivity contribution in [3.8, 4) is 17.1 Å². The molecule has 0 saturated carbocycles. The Labute approximate surface area is 312 Å². The fourth-order valence-corrected chi connectivity index (χ4v) is 9.15. The van der Waals surface area contributed by atoms with E-state index >= 15 is 0 Å². The van der Waals surface area contributed by atoms with Crippen LogP contribution in [0.25, 0.3) is 116 Å². The predicted octanol–water partition coefficient (Wildman–Crippen LogP) is 12.1. The molecule has 13 aromatic rings. The van der Waals surface area contributed by atoms with Gasteiger partial charge in [-0.1, -0.05) is 103 Å². The van der Waals surface area contributed by atoms with Crippen LogP contribution in [-0.4, -0.2) is 28.3 Å². The van der Waals surface area contributed by atoms with E-state index < -0.39 is 0 Å². The monoisotopic (exact) mass is 700 g/mol. The highest BCUT2D eigenvalue weighted by Gasteiger charge is 2.21. The quantitative estimate of drug-likeness (QED) is 0.169. The number of hydrogen-bond acceptors (Lipinski definition) is 3. The second-order valence-corrected chi connectivity index (χ2v) is 14.5. The van der Waals surface area contributed by atoms with E-state index in [1.165, 1.54) is 32.3 Å². The lowest BCUT2D eigenvalue weighted by molar-refractivity contribution is 0.979. The van der Waals surface area contributed by atoms with Crippen LogP contribution in [0.1, 0.15) is 0 Å². The number of benzene rings is 8. The number of fused-ring (bicyclic) bond motifs is 18. The van der Waals surface area contributed by atoms with Crippen LogP contribution in [0.4, 0.5) is 0 Å². The molecule has 0 aliphatic heterocycles. The summed E-state index contributed by atoms with van der Waals surface area (Å²) in [5.41, 5.74) is 12.5. The molecule has 13 rings (SSSR count). The number of nitrogens with zero attached hydrogens (tertiary/aromatic N) is 6. The van der Waals surface area contributed by atoms with Gasteiger partial charge in [0.15, 0.2) is 0 Å². The summed E-state index contributed by atoms with van der Waals surface area (Å²) in [6.45, 7) is 0. The first-order valence-corrected chi connectivity index (χ1v) is 18.6. The molecule has 0 unspecified atom stereocenters. The van der Waals surface area contributed by atoms with E-state index in [1.807, 2.05) is 12.1 Å². The zero-order valence-corrected chi connectivity index (χ0v) is 29.3. The molecule has 8 aromatic carbocycles. The van der Waals surface area contributed by atoms with E-state index in [2.05, 4.69) is 171 Å². The van der Waals surface area contributed by atoms with Crippen molar-refractivity contribution >= 4 is 98.5 Å². The first-order chi connectivity index (χ1) is 27.3. The smallest absolute Gasteiger partial charge is 0.221 e. The van der Waals surface area contributed by atoms with Gasteiger partial charge in [-0.3, -0.25) is 13.4 Å². The van der Waals surface area contributed by atoms with E-state index in [9.17, 15) is 0 Å². The van der Waals surface area contributed by atoms with Crippen molar-refractivity contribution in [2.24, 2.45) is 0 Å². The lowest BCUT2D eigenvalue weighted by Gasteiger charge is -2.14. The molecule has 0 aliphatic rings. The van der Waals surface area contributed by atoms with Crippen LogP contribution in [0.15, 0.2) is 170 Å². The average Bonchev–Trinajstić information content (AvgIpc) is 3.93. The minimum Gasteiger partial charge on any atom is -0.292 e. The number of rotatable bonds is 2. The molecule has 0 fully saturated rings. The number of para-hydroxylation sites is 6. The van der Waals surface area contributed by atoms with Crippen LogP contribution in [-0.2, 0) is 0 Å². The topological polar surface area (TPSA) is 52.4 Å². The van der Waals surface area contributed by atoms with Gasteiger partial charge in [-0.05, 0) is 88.6 Å². The maximum Gasteiger partial charge on any atom is 0.221 e. The van der Waals surface area contributed by atoms with Crippen LogP contribution >= 0.6 is 0 Å². The Morgan fingerprint density at radius 1 is 0.327 bits per heavy atom. The summed E-state index contributed by atoms with van der Waals surface area (Å²) in [5, 5.41) is 9.45. The third-order valence-corrected chi connectivity index (χ3v) is 11.6. The Morgan fingerprint density at radius 3 is 1.73 bits per heavy atom. The Bertz CT molecular complexity index is 3790. The summed E-state index contributed by atoms with van der Waals surface area (Å²) in [4.78, 5) is 15.7. The number of pyridine rings is 1. The van der Waals surface area contributed by atoms with E-state index in [1.54, 1.807) is 0 Å². The van der Waals surface area contributed by atoms with Crippen molar-refractivity contribution in [3.63, 3.8) is 0 Å². The molecule has 6 nitrogen and oxygen atoms in total. The van der Waals surface area contributed by atoms with Gasteiger partial charge in [0, 0.05) is 32.3 Å². The Balaban J connectivity index is 1.10. The molecule has 0 saturated heterocycles. The maximum absolute atomic E-state index is 5.36. The van der Waals surface area contributed by atoms with Crippen molar-refractivity contribution in [2.75, 3.05) is 0 Å². The van der Waals surface area contributed by atoms with Gasteiger partial charge in [-0.15, -0.1) is 0 Å². The fraction of sp³-hybridized carbons (Fsp3) is 0. The molecular weight excluding hydrogens is 673 g/mol. The highest BCUT2D eigenvalue weighted by molar-refractivity contribution is 6.24. The van der Waals surface area contributed by atoms with Gasteiger partial charge in [-0.2, -0.15) is 0 Å². The van der Waals surface area contributed by atoms with Gasteiger partial charge in [-0.25, -0.2) is 15.0 Å². The Kier molecular flexibility index (Phi) is 5.54. The highest BCUT2D eigenvalue weighted by atomic mass is 15.2. The molecule has 5 heterocycles. The second-order valence-electron chi connectivity index (χ2n) is 14.5. The molecule has 0 atom stereocenters. The van der Waals surface area contributed by atoms with Crippen LogP contribution in [0.3, 0.4) is 0 Å². The molecule has 6 heteroatoms. The van der Waals surface area contributed by atoms with Crippen LogP contribution in [0, 0.1) is 0 Å². The minimum absolute atomic E-state index is 0.820. The molecule has 254 valence electrons. The van der Waals surface area contributed by atoms with E-state index in [0.717, 1.165) is 83.3 Å². The van der Waals surface area contributed by atoms with Crippen LogP contribution in [0.5, 0.6) is 0 Å². The summed E-state index contributed by atoms with van der Waals surface area (Å²) >= 11 is 0. The van der Waals surface area contributed by atoms with Gasteiger partial charge in [0.1, 0.15) is 11.3 Å². The zero-order valence-electron chi connectivity index (χ0n) is 29.3. The molecule has 0 amide bonds. The normalized spacial score (nSPS) is 12.4. The van der Waals surface area contributed by atoms with Crippen molar-refractivity contribution in [1.82, 2.24) is 28.3 Å².